The van der Waals surface area contributed by atoms with Gasteiger partial charge in [0.05, 0.1) is 11.4 Å². The number of nitrogens with one attached hydrogen (secondary N) is 2. The Kier molecular flexibility index (Phi) is 3.79. The Morgan fingerprint density at radius 1 is 0.789 bits per heavy atom. The summed E-state index contributed by atoms with van der Waals surface area (Å²) in [5, 5.41) is 6.63. The van der Waals surface area contributed by atoms with Gasteiger partial charge in [-0.25, -0.2) is 0 Å². The van der Waals surface area contributed by atoms with Gasteiger partial charge in [-0.3, -0.25) is 0 Å². The van der Waals surface area contributed by atoms with Crippen molar-refractivity contribution in [2.24, 2.45) is 0 Å². The van der Waals surface area contributed by atoms with Crippen LogP contribution in [-0.2, 0) is 5.41 Å². The summed E-state index contributed by atoms with van der Waals surface area (Å²) in [5.74, 6) is 0. The van der Waals surface area contributed by atoms with Crippen LogP contribution in [0.4, 0.5) is 17.1 Å². The minimum atomic E-state index is 0.196. The van der Waals surface area contributed by atoms with Crippen LogP contribution < -0.4 is 10.6 Å². The predicted octanol–water partition coefficient (Wildman–Crippen LogP) is 4.77. The molecule has 0 unspecified atom stereocenters. The summed E-state index contributed by atoms with van der Waals surface area (Å²) in [5.41, 5.74) is 4.84. The summed E-state index contributed by atoms with van der Waals surface area (Å²) >= 11 is 0. The molecule has 0 amide bonds. The standard InChI is InChI=1S/C17H22N2/c1-17(2,3)13-9-11-14(12-10-13)19-16-8-6-5-7-15(16)18-4/h5-12,18-19H,1-4H3. The van der Waals surface area contributed by atoms with Crippen molar-refractivity contribution in [3.63, 3.8) is 0 Å². The largest absolute Gasteiger partial charge is 0.386 e. The zero-order chi connectivity index (χ0) is 13.9. The van der Waals surface area contributed by atoms with Crippen molar-refractivity contribution in [3.05, 3.63) is 54.1 Å². The van der Waals surface area contributed by atoms with E-state index in [0.29, 0.717) is 0 Å². The second kappa shape index (κ2) is 5.35. The first kappa shape index (κ1) is 13.5. The van der Waals surface area contributed by atoms with Crippen molar-refractivity contribution in [1.29, 1.82) is 0 Å². The highest BCUT2D eigenvalue weighted by molar-refractivity contribution is 5.74. The molecule has 2 heteroatoms. The van der Waals surface area contributed by atoms with E-state index in [1.807, 2.05) is 19.2 Å². The Balaban J connectivity index is 2.20. The van der Waals surface area contributed by atoms with E-state index in [9.17, 15) is 0 Å². The van der Waals surface area contributed by atoms with E-state index in [1.165, 1.54) is 5.56 Å². The molecule has 2 aromatic carbocycles. The second-order valence-corrected chi connectivity index (χ2v) is 5.75. The minimum Gasteiger partial charge on any atom is -0.386 e. The number of hydrogen-bond acceptors (Lipinski definition) is 2. The first-order valence-corrected chi connectivity index (χ1v) is 6.65. The molecule has 0 aromatic heterocycles. The van der Waals surface area contributed by atoms with Gasteiger partial charge in [0.2, 0.25) is 0 Å². The molecular weight excluding hydrogens is 232 g/mol. The molecule has 2 aromatic rings. The molecule has 0 atom stereocenters. The highest BCUT2D eigenvalue weighted by Crippen LogP contribution is 2.27. The maximum absolute atomic E-state index is 3.44. The van der Waals surface area contributed by atoms with E-state index >= 15 is 0 Å². The smallest absolute Gasteiger partial charge is 0.0619 e. The van der Waals surface area contributed by atoms with Gasteiger partial charge in [-0.05, 0) is 35.2 Å². The third-order valence-corrected chi connectivity index (χ3v) is 3.23. The lowest BCUT2D eigenvalue weighted by molar-refractivity contribution is 0.590. The van der Waals surface area contributed by atoms with E-state index in [2.05, 4.69) is 67.8 Å². The lowest BCUT2D eigenvalue weighted by atomic mass is 9.87. The Morgan fingerprint density at radius 2 is 1.37 bits per heavy atom. The van der Waals surface area contributed by atoms with Crippen LogP contribution in [-0.4, -0.2) is 7.05 Å². The van der Waals surface area contributed by atoms with Crippen molar-refractivity contribution in [3.8, 4) is 0 Å². The minimum absolute atomic E-state index is 0.196. The van der Waals surface area contributed by atoms with Gasteiger partial charge in [0.15, 0.2) is 0 Å². The van der Waals surface area contributed by atoms with Crippen molar-refractivity contribution in [2.45, 2.75) is 26.2 Å². The van der Waals surface area contributed by atoms with Gasteiger partial charge >= 0.3 is 0 Å². The molecular formula is C17H22N2. The molecule has 19 heavy (non-hydrogen) atoms. The lowest BCUT2D eigenvalue weighted by Crippen LogP contribution is -2.10. The lowest BCUT2D eigenvalue weighted by Gasteiger charge is -2.19. The van der Waals surface area contributed by atoms with Crippen LogP contribution in [0.1, 0.15) is 26.3 Å². The summed E-state index contributed by atoms with van der Waals surface area (Å²) in [4.78, 5) is 0. The van der Waals surface area contributed by atoms with Crippen molar-refractivity contribution < 1.29 is 0 Å². The topological polar surface area (TPSA) is 24.1 Å². The van der Waals surface area contributed by atoms with Crippen LogP contribution in [0.5, 0.6) is 0 Å². The average molecular weight is 254 g/mol. The Hall–Kier alpha value is -1.96. The Labute approximate surface area is 115 Å². The molecule has 0 saturated carbocycles. The monoisotopic (exact) mass is 254 g/mol. The molecule has 0 heterocycles. The summed E-state index contributed by atoms with van der Waals surface area (Å²) < 4.78 is 0. The molecule has 0 bridgehead atoms. The molecule has 0 saturated heterocycles. The fraction of sp³-hybridized carbons (Fsp3) is 0.294. The van der Waals surface area contributed by atoms with Gasteiger partial charge in [-0.1, -0.05) is 45.0 Å². The highest BCUT2D eigenvalue weighted by Gasteiger charge is 2.12. The number of para-hydroxylation sites is 2. The Morgan fingerprint density at radius 3 is 1.89 bits per heavy atom. The molecule has 0 aliphatic rings. The zero-order valence-corrected chi connectivity index (χ0v) is 12.1. The predicted molar refractivity (Wildman–Crippen MR) is 84.4 cm³/mol. The van der Waals surface area contributed by atoms with E-state index in [1.54, 1.807) is 0 Å². The molecule has 2 rings (SSSR count). The van der Waals surface area contributed by atoms with E-state index in [-0.39, 0.29) is 5.41 Å². The molecule has 0 aliphatic heterocycles. The third-order valence-electron chi connectivity index (χ3n) is 3.23. The van der Waals surface area contributed by atoms with E-state index in [4.69, 9.17) is 0 Å². The molecule has 100 valence electrons. The van der Waals surface area contributed by atoms with Gasteiger partial charge in [-0.2, -0.15) is 0 Å². The normalized spacial score (nSPS) is 11.2. The van der Waals surface area contributed by atoms with Crippen molar-refractivity contribution >= 4 is 17.1 Å². The molecule has 0 fully saturated rings. The fourth-order valence-corrected chi connectivity index (χ4v) is 2.02. The quantitative estimate of drug-likeness (QED) is 0.824. The van der Waals surface area contributed by atoms with Crippen LogP contribution in [0.3, 0.4) is 0 Å². The number of anilines is 3. The maximum Gasteiger partial charge on any atom is 0.0619 e. The highest BCUT2D eigenvalue weighted by atomic mass is 14.9. The number of rotatable bonds is 3. The van der Waals surface area contributed by atoms with Gasteiger partial charge in [-0.15, -0.1) is 0 Å². The van der Waals surface area contributed by atoms with Crippen LogP contribution >= 0.6 is 0 Å². The number of benzene rings is 2. The fourth-order valence-electron chi connectivity index (χ4n) is 2.02. The first-order valence-electron chi connectivity index (χ1n) is 6.65. The van der Waals surface area contributed by atoms with Gasteiger partial charge in [0, 0.05) is 12.7 Å². The van der Waals surface area contributed by atoms with Crippen LogP contribution in [0, 0.1) is 0 Å². The number of hydrogen-bond donors (Lipinski definition) is 2. The van der Waals surface area contributed by atoms with Crippen molar-refractivity contribution in [2.75, 3.05) is 17.7 Å². The van der Waals surface area contributed by atoms with Crippen LogP contribution in [0.15, 0.2) is 48.5 Å². The molecule has 2 N–H and O–H groups in total. The van der Waals surface area contributed by atoms with E-state index in [0.717, 1.165) is 17.1 Å². The zero-order valence-electron chi connectivity index (χ0n) is 12.1. The van der Waals surface area contributed by atoms with Crippen LogP contribution in [0.25, 0.3) is 0 Å². The molecule has 0 spiro atoms. The summed E-state index contributed by atoms with van der Waals surface area (Å²) in [6.45, 7) is 6.68. The maximum atomic E-state index is 3.44. The summed E-state index contributed by atoms with van der Waals surface area (Å²) in [6.07, 6.45) is 0. The average Bonchev–Trinajstić information content (AvgIpc) is 2.39. The third kappa shape index (κ3) is 3.28. The molecule has 0 aliphatic carbocycles. The van der Waals surface area contributed by atoms with Gasteiger partial charge in [0.1, 0.15) is 0 Å². The second-order valence-electron chi connectivity index (χ2n) is 5.75. The Bertz CT molecular complexity index is 536. The SMILES string of the molecule is CNc1ccccc1Nc1ccc(C(C)(C)C)cc1. The van der Waals surface area contributed by atoms with Crippen molar-refractivity contribution in [1.82, 2.24) is 0 Å². The first-order chi connectivity index (χ1) is 9.00. The summed E-state index contributed by atoms with van der Waals surface area (Å²) in [7, 11) is 1.93. The molecule has 2 nitrogen and oxygen atoms in total. The van der Waals surface area contributed by atoms with E-state index < -0.39 is 0 Å². The van der Waals surface area contributed by atoms with Gasteiger partial charge in [0.25, 0.3) is 0 Å². The van der Waals surface area contributed by atoms with Gasteiger partial charge < -0.3 is 10.6 Å². The van der Waals surface area contributed by atoms with Crippen LogP contribution in [0.2, 0.25) is 0 Å². The summed E-state index contributed by atoms with van der Waals surface area (Å²) in [6, 6.07) is 16.8. The molecule has 0 radical (unpaired) electrons.